The van der Waals surface area contributed by atoms with Crippen LogP contribution in [0.1, 0.15) is 23.5 Å². The highest BCUT2D eigenvalue weighted by Crippen LogP contribution is 2.39. The third-order valence-electron chi connectivity index (χ3n) is 4.33. The normalized spacial score (nSPS) is 19.7. The molecule has 6 nitrogen and oxygen atoms in total. The molecular formula is C17H14FN3O3. The van der Waals surface area contributed by atoms with Gasteiger partial charge in [-0.05, 0) is 29.3 Å². The van der Waals surface area contributed by atoms with Crippen molar-refractivity contribution in [3.63, 3.8) is 0 Å². The highest BCUT2D eigenvalue weighted by Gasteiger charge is 2.30. The van der Waals surface area contributed by atoms with Gasteiger partial charge in [0.15, 0.2) is 0 Å². The minimum Gasteiger partial charge on any atom is -0.447 e. The van der Waals surface area contributed by atoms with Crippen LogP contribution >= 0.6 is 0 Å². The Hall–Kier alpha value is -2.96. The maximum absolute atomic E-state index is 14.1. The van der Waals surface area contributed by atoms with E-state index in [1.54, 1.807) is 18.2 Å². The second kappa shape index (κ2) is 5.59. The Bertz CT molecular complexity index is 840. The molecule has 0 aliphatic carbocycles. The van der Waals surface area contributed by atoms with Crippen molar-refractivity contribution in [2.24, 2.45) is 0 Å². The molecule has 3 heterocycles. The lowest BCUT2D eigenvalue weighted by Gasteiger charge is -2.27. The van der Waals surface area contributed by atoms with Crippen molar-refractivity contribution in [3.8, 4) is 0 Å². The summed E-state index contributed by atoms with van der Waals surface area (Å²) >= 11 is 0. The van der Waals surface area contributed by atoms with Gasteiger partial charge in [0.05, 0.1) is 12.7 Å². The van der Waals surface area contributed by atoms with Crippen LogP contribution in [0.5, 0.6) is 0 Å². The topological polar surface area (TPSA) is 71.5 Å². The van der Waals surface area contributed by atoms with Gasteiger partial charge >= 0.3 is 6.09 Å². The number of fused-ring (bicyclic) bond motifs is 1. The van der Waals surface area contributed by atoms with Gasteiger partial charge in [-0.2, -0.15) is 0 Å². The van der Waals surface area contributed by atoms with Gasteiger partial charge in [0.2, 0.25) is 5.91 Å². The van der Waals surface area contributed by atoms with E-state index in [0.29, 0.717) is 30.1 Å². The molecular weight excluding hydrogens is 313 g/mol. The molecule has 2 aromatic rings. The fourth-order valence-electron chi connectivity index (χ4n) is 3.19. The summed E-state index contributed by atoms with van der Waals surface area (Å²) in [7, 11) is 0. The zero-order chi connectivity index (χ0) is 16.7. The van der Waals surface area contributed by atoms with Gasteiger partial charge in [-0.15, -0.1) is 0 Å². The summed E-state index contributed by atoms with van der Waals surface area (Å²) in [4.78, 5) is 29.0. The van der Waals surface area contributed by atoms with Gasteiger partial charge in [0, 0.05) is 29.9 Å². The number of hydrogen-bond acceptors (Lipinski definition) is 4. The molecule has 0 spiro atoms. The molecule has 0 bridgehead atoms. The number of ether oxygens (including phenoxy) is 1. The van der Waals surface area contributed by atoms with Crippen molar-refractivity contribution in [1.82, 2.24) is 4.98 Å². The fraction of sp³-hybridized carbons (Fsp3) is 0.235. The van der Waals surface area contributed by atoms with Gasteiger partial charge in [-0.3, -0.25) is 14.7 Å². The first-order valence-corrected chi connectivity index (χ1v) is 7.61. The molecule has 1 fully saturated rings. The average molecular weight is 327 g/mol. The van der Waals surface area contributed by atoms with E-state index in [4.69, 9.17) is 4.74 Å². The molecule has 2 aliphatic rings. The molecule has 1 N–H and O–H groups in total. The van der Waals surface area contributed by atoms with Crippen LogP contribution in [0, 0.1) is 5.82 Å². The molecule has 0 radical (unpaired) electrons. The second-order valence-corrected chi connectivity index (χ2v) is 5.74. The molecule has 2 aliphatic heterocycles. The van der Waals surface area contributed by atoms with E-state index in [1.165, 1.54) is 11.1 Å². The van der Waals surface area contributed by atoms with Crippen molar-refractivity contribution < 1.29 is 18.7 Å². The quantitative estimate of drug-likeness (QED) is 0.920. The summed E-state index contributed by atoms with van der Waals surface area (Å²) in [6.07, 6.45) is 2.42. The van der Waals surface area contributed by atoms with Gasteiger partial charge < -0.3 is 10.1 Å². The number of benzene rings is 1. The fourth-order valence-corrected chi connectivity index (χ4v) is 3.19. The van der Waals surface area contributed by atoms with Crippen molar-refractivity contribution in [3.05, 3.63) is 53.6 Å². The monoisotopic (exact) mass is 327 g/mol. The largest absolute Gasteiger partial charge is 0.447 e. The van der Waals surface area contributed by atoms with E-state index >= 15 is 0 Å². The van der Waals surface area contributed by atoms with Gasteiger partial charge in [-0.1, -0.05) is 6.07 Å². The first-order valence-electron chi connectivity index (χ1n) is 7.61. The third-order valence-corrected chi connectivity index (χ3v) is 4.33. The number of rotatable bonds is 2. The Balaban J connectivity index is 1.76. The smallest absolute Gasteiger partial charge is 0.414 e. The molecule has 122 valence electrons. The molecule has 0 unspecified atom stereocenters. The summed E-state index contributed by atoms with van der Waals surface area (Å²) in [6, 6.07) is 6.93. The number of cyclic esters (lactones) is 1. The minimum atomic E-state index is -0.435. The SMILES string of the molecule is O=C1C[C@H](c2ccncc2F)c2ccc(N3CCOC3=O)cc2N1. The molecule has 4 rings (SSSR count). The Labute approximate surface area is 137 Å². The highest BCUT2D eigenvalue weighted by atomic mass is 19.1. The minimum absolute atomic E-state index is 0.166. The molecule has 1 aromatic heterocycles. The molecule has 1 saturated heterocycles. The number of pyridine rings is 1. The molecule has 1 aromatic carbocycles. The van der Waals surface area contributed by atoms with Crippen LogP contribution in [-0.4, -0.2) is 30.1 Å². The van der Waals surface area contributed by atoms with Crippen molar-refractivity contribution in [1.29, 1.82) is 0 Å². The Morgan fingerprint density at radius 2 is 2.12 bits per heavy atom. The van der Waals surface area contributed by atoms with Crippen LogP contribution in [0.4, 0.5) is 20.6 Å². The number of aromatic nitrogens is 1. The van der Waals surface area contributed by atoms with Crippen LogP contribution < -0.4 is 10.2 Å². The van der Waals surface area contributed by atoms with Crippen LogP contribution in [-0.2, 0) is 9.53 Å². The lowest BCUT2D eigenvalue weighted by atomic mass is 9.85. The van der Waals surface area contributed by atoms with Crippen molar-refractivity contribution in [2.75, 3.05) is 23.4 Å². The first-order chi connectivity index (χ1) is 11.6. The maximum atomic E-state index is 14.1. The van der Waals surface area contributed by atoms with E-state index < -0.39 is 11.9 Å². The van der Waals surface area contributed by atoms with Crippen molar-refractivity contribution in [2.45, 2.75) is 12.3 Å². The van der Waals surface area contributed by atoms with Crippen LogP contribution in [0.3, 0.4) is 0 Å². The number of hydrogen-bond donors (Lipinski definition) is 1. The zero-order valence-electron chi connectivity index (χ0n) is 12.7. The van der Waals surface area contributed by atoms with Gasteiger partial charge in [0.25, 0.3) is 0 Å². The lowest BCUT2D eigenvalue weighted by Crippen LogP contribution is -2.26. The number of carbonyl (C=O) groups is 2. The Morgan fingerprint density at radius 1 is 1.25 bits per heavy atom. The summed E-state index contributed by atoms with van der Waals surface area (Å²) < 4.78 is 19.0. The molecule has 1 atom stereocenters. The molecule has 24 heavy (non-hydrogen) atoms. The van der Waals surface area contributed by atoms with Gasteiger partial charge in [0.1, 0.15) is 12.4 Å². The molecule has 7 heteroatoms. The van der Waals surface area contributed by atoms with E-state index in [9.17, 15) is 14.0 Å². The number of anilines is 2. The number of carbonyl (C=O) groups excluding carboxylic acids is 2. The summed E-state index contributed by atoms with van der Waals surface area (Å²) in [5.74, 6) is -1.00. The second-order valence-electron chi connectivity index (χ2n) is 5.74. The number of nitrogens with zero attached hydrogens (tertiary/aromatic N) is 2. The molecule has 2 amide bonds. The summed E-state index contributed by atoms with van der Waals surface area (Å²) in [5.41, 5.74) is 2.49. The summed E-state index contributed by atoms with van der Waals surface area (Å²) in [6.45, 7) is 0.807. The van der Waals surface area contributed by atoms with Crippen LogP contribution in [0.2, 0.25) is 0 Å². The summed E-state index contributed by atoms with van der Waals surface area (Å²) in [5, 5.41) is 2.80. The maximum Gasteiger partial charge on any atom is 0.414 e. The van der Waals surface area contributed by atoms with E-state index in [2.05, 4.69) is 10.3 Å². The van der Waals surface area contributed by atoms with E-state index in [-0.39, 0.29) is 18.2 Å². The Kier molecular flexibility index (Phi) is 3.41. The van der Waals surface area contributed by atoms with E-state index in [0.717, 1.165) is 11.8 Å². The standard InChI is InChI=1S/C17H14FN3O3/c18-14-9-19-4-3-11(14)13-8-16(22)20-15-7-10(1-2-12(13)15)21-5-6-24-17(21)23/h1-4,7,9,13H,5-6,8H2,(H,20,22)/t13-/m1/s1. The van der Waals surface area contributed by atoms with Gasteiger partial charge in [-0.25, -0.2) is 9.18 Å². The van der Waals surface area contributed by atoms with E-state index in [1.807, 2.05) is 6.07 Å². The Morgan fingerprint density at radius 3 is 2.88 bits per heavy atom. The average Bonchev–Trinajstić information content (AvgIpc) is 3.00. The highest BCUT2D eigenvalue weighted by molar-refractivity contribution is 5.97. The molecule has 0 saturated carbocycles. The zero-order valence-corrected chi connectivity index (χ0v) is 12.7. The van der Waals surface area contributed by atoms with Crippen LogP contribution in [0.15, 0.2) is 36.7 Å². The third kappa shape index (κ3) is 2.38. The number of nitrogens with one attached hydrogen (secondary N) is 1. The predicted octanol–water partition coefficient (Wildman–Crippen LogP) is 2.65. The first kappa shape index (κ1) is 14.6. The van der Waals surface area contributed by atoms with Crippen LogP contribution in [0.25, 0.3) is 0 Å². The lowest BCUT2D eigenvalue weighted by molar-refractivity contribution is -0.116. The van der Waals surface area contributed by atoms with Crippen molar-refractivity contribution >= 4 is 23.4 Å². The number of halogens is 1. The predicted molar refractivity (Wildman–Crippen MR) is 84.4 cm³/mol. The number of amides is 2.